The molecular formula is C27H32N3O2S2Si. The number of nitrogens with zero attached hydrogens (tertiary/aromatic N) is 3. The maximum atomic E-state index is 13.0. The molecule has 2 aliphatic heterocycles. The molecule has 2 atom stereocenters. The lowest BCUT2D eigenvalue weighted by atomic mass is 9.74. The van der Waals surface area contributed by atoms with E-state index in [9.17, 15) is 4.79 Å². The van der Waals surface area contributed by atoms with E-state index in [0.29, 0.717) is 11.6 Å². The second-order valence-electron chi connectivity index (χ2n) is 10.1. The number of hydrogen-bond acceptors (Lipinski definition) is 6. The van der Waals surface area contributed by atoms with Crippen molar-refractivity contribution in [3.63, 3.8) is 0 Å². The molecule has 2 fully saturated rings. The number of benzene rings is 2. The summed E-state index contributed by atoms with van der Waals surface area (Å²) in [6.07, 6.45) is -0.0789. The predicted octanol–water partition coefficient (Wildman–Crippen LogP) is 3.96. The van der Waals surface area contributed by atoms with Crippen molar-refractivity contribution in [3.8, 4) is 0 Å². The van der Waals surface area contributed by atoms with Crippen LogP contribution in [-0.2, 0) is 4.43 Å². The Morgan fingerprint density at radius 3 is 2.17 bits per heavy atom. The molecule has 2 aliphatic rings. The Bertz CT molecular complexity index is 1090. The quantitative estimate of drug-likeness (QED) is 0.459. The summed E-state index contributed by atoms with van der Waals surface area (Å²) >= 11 is 3.46. The van der Waals surface area contributed by atoms with Crippen molar-refractivity contribution >= 4 is 53.6 Å². The van der Waals surface area contributed by atoms with Gasteiger partial charge in [-0.25, -0.2) is 4.98 Å². The van der Waals surface area contributed by atoms with Gasteiger partial charge in [-0.15, -0.1) is 11.3 Å². The number of amides is 1. The Morgan fingerprint density at radius 2 is 1.60 bits per heavy atom. The number of carbonyl (C=O) groups excluding carboxylic acids is 1. The summed E-state index contributed by atoms with van der Waals surface area (Å²) < 4.78 is 7.05. The van der Waals surface area contributed by atoms with Crippen molar-refractivity contribution in [2.45, 2.75) is 27.0 Å². The molecule has 5 nitrogen and oxygen atoms in total. The molecule has 1 amide bonds. The van der Waals surface area contributed by atoms with E-state index in [-0.39, 0.29) is 17.6 Å². The maximum absolute atomic E-state index is 13.0. The minimum absolute atomic E-state index is 0.0523. The lowest BCUT2D eigenvalue weighted by Crippen LogP contribution is -2.65. The third kappa shape index (κ3) is 5.35. The van der Waals surface area contributed by atoms with Crippen molar-refractivity contribution in [3.05, 3.63) is 71.7 Å². The Morgan fingerprint density at radius 1 is 1.00 bits per heavy atom. The third-order valence-electron chi connectivity index (χ3n) is 6.72. The summed E-state index contributed by atoms with van der Waals surface area (Å²) in [5.74, 6) is 2.43. The Hall–Kier alpha value is -2.13. The fourth-order valence-electron chi connectivity index (χ4n) is 4.54. The van der Waals surface area contributed by atoms with Gasteiger partial charge in [0.1, 0.15) is 11.9 Å². The number of aromatic nitrogens is 1. The lowest BCUT2D eigenvalue weighted by Gasteiger charge is -2.53. The van der Waals surface area contributed by atoms with Crippen LogP contribution in [0.3, 0.4) is 0 Å². The fourth-order valence-corrected chi connectivity index (χ4v) is 8.41. The van der Waals surface area contributed by atoms with Crippen LogP contribution in [0.2, 0.25) is 0 Å². The second kappa shape index (κ2) is 10.5. The molecule has 8 heteroatoms. The zero-order chi connectivity index (χ0) is 24.4. The van der Waals surface area contributed by atoms with E-state index < -0.39 is 9.04 Å². The van der Waals surface area contributed by atoms with Crippen LogP contribution >= 0.6 is 23.1 Å². The Labute approximate surface area is 218 Å². The molecule has 35 heavy (non-hydrogen) atoms. The number of rotatable bonds is 6. The topological polar surface area (TPSA) is 45.7 Å². The average molecular weight is 523 g/mol. The molecule has 3 heterocycles. The summed E-state index contributed by atoms with van der Waals surface area (Å²) in [5, 5.41) is 5.27. The van der Waals surface area contributed by atoms with E-state index in [4.69, 9.17) is 9.41 Å². The number of carbonyl (C=O) groups is 1. The lowest BCUT2D eigenvalue weighted by molar-refractivity contribution is 0.00493. The molecule has 0 bridgehead atoms. The van der Waals surface area contributed by atoms with Gasteiger partial charge in [-0.2, -0.15) is 11.8 Å². The van der Waals surface area contributed by atoms with Crippen molar-refractivity contribution in [1.29, 1.82) is 0 Å². The molecule has 2 saturated heterocycles. The van der Waals surface area contributed by atoms with E-state index in [0.717, 1.165) is 36.3 Å². The van der Waals surface area contributed by atoms with E-state index in [2.05, 4.69) is 86.3 Å². The van der Waals surface area contributed by atoms with Gasteiger partial charge in [0.25, 0.3) is 14.9 Å². The van der Waals surface area contributed by atoms with Crippen molar-refractivity contribution in [2.24, 2.45) is 11.3 Å². The molecule has 2 unspecified atom stereocenters. The Kier molecular flexibility index (Phi) is 7.34. The minimum Gasteiger partial charge on any atom is -0.387 e. The molecular weight excluding hydrogens is 491 g/mol. The van der Waals surface area contributed by atoms with Gasteiger partial charge in [0.15, 0.2) is 5.13 Å². The zero-order valence-electron chi connectivity index (χ0n) is 20.5. The van der Waals surface area contributed by atoms with E-state index >= 15 is 0 Å². The summed E-state index contributed by atoms with van der Waals surface area (Å²) in [4.78, 5) is 22.0. The normalized spacial score (nSPS) is 20.7. The van der Waals surface area contributed by atoms with Crippen LogP contribution in [-0.4, -0.2) is 62.2 Å². The fraction of sp³-hybridized carbons (Fsp3) is 0.407. The van der Waals surface area contributed by atoms with Crippen molar-refractivity contribution in [1.82, 2.24) is 9.88 Å². The number of thioether (sulfide) groups is 1. The molecule has 3 aromatic rings. The summed E-state index contributed by atoms with van der Waals surface area (Å²) in [5.41, 5.74) is 0.662. The van der Waals surface area contributed by atoms with E-state index in [1.807, 2.05) is 22.0 Å². The van der Waals surface area contributed by atoms with Crippen LogP contribution in [0, 0.1) is 11.3 Å². The van der Waals surface area contributed by atoms with Crippen molar-refractivity contribution < 1.29 is 9.22 Å². The number of hydrogen-bond donors (Lipinski definition) is 0. The summed E-state index contributed by atoms with van der Waals surface area (Å²) in [6.45, 7) is 9.35. The second-order valence-corrected chi connectivity index (χ2v) is 14.2. The number of thiazole rings is 1. The van der Waals surface area contributed by atoms with Crippen LogP contribution in [0.25, 0.3) is 0 Å². The highest BCUT2D eigenvalue weighted by Gasteiger charge is 2.48. The Balaban J connectivity index is 1.41. The van der Waals surface area contributed by atoms with Crippen LogP contribution < -0.4 is 15.3 Å². The minimum atomic E-state index is -1.46. The van der Waals surface area contributed by atoms with Crippen LogP contribution in [0.1, 0.15) is 31.3 Å². The van der Waals surface area contributed by atoms with Gasteiger partial charge < -0.3 is 14.2 Å². The maximum Gasteiger partial charge on any atom is 0.285 e. The monoisotopic (exact) mass is 522 g/mol. The largest absolute Gasteiger partial charge is 0.387 e. The average Bonchev–Trinajstić information content (AvgIpc) is 3.33. The van der Waals surface area contributed by atoms with E-state index in [1.54, 1.807) is 11.3 Å². The predicted molar refractivity (Wildman–Crippen MR) is 148 cm³/mol. The van der Waals surface area contributed by atoms with Crippen molar-refractivity contribution in [2.75, 3.05) is 36.0 Å². The van der Waals surface area contributed by atoms with E-state index in [1.165, 1.54) is 10.4 Å². The highest BCUT2D eigenvalue weighted by Crippen LogP contribution is 2.43. The molecule has 0 N–H and O–H groups in total. The molecule has 1 radical (unpaired) electrons. The summed E-state index contributed by atoms with van der Waals surface area (Å²) in [6, 6.07) is 21.1. The zero-order valence-corrected chi connectivity index (χ0v) is 23.1. The van der Waals surface area contributed by atoms with Gasteiger partial charge in [-0.05, 0) is 15.8 Å². The first-order valence-corrected chi connectivity index (χ1v) is 15.6. The molecule has 1 aromatic heterocycles. The van der Waals surface area contributed by atoms with Gasteiger partial charge in [-0.3, -0.25) is 4.79 Å². The van der Waals surface area contributed by atoms with Gasteiger partial charge >= 0.3 is 0 Å². The van der Waals surface area contributed by atoms with Crippen LogP contribution in [0.15, 0.2) is 66.0 Å². The van der Waals surface area contributed by atoms with Gasteiger partial charge in [0, 0.05) is 42.4 Å². The first kappa shape index (κ1) is 24.6. The highest BCUT2D eigenvalue weighted by molar-refractivity contribution is 7.99. The van der Waals surface area contributed by atoms with Gasteiger partial charge in [0.05, 0.1) is 0 Å². The third-order valence-corrected chi connectivity index (χ3v) is 10.7. The standard InChI is InChI=1S/C27H32N3O2S2Si/c1-27(2,3)22-18-30(26-28-23(19-34-26)24(31)29-14-16-33-17-15-29)25(22)32-35(20-10-6-4-7-11-20)21-12-8-5-9-13-21/h4-13,19,22,25H,14-18H2,1-3H3. The number of anilines is 1. The summed E-state index contributed by atoms with van der Waals surface area (Å²) in [7, 11) is -1.46. The molecule has 2 aromatic carbocycles. The molecule has 183 valence electrons. The molecule has 0 spiro atoms. The van der Waals surface area contributed by atoms with Gasteiger partial charge in [0.2, 0.25) is 0 Å². The van der Waals surface area contributed by atoms with Gasteiger partial charge in [-0.1, -0.05) is 81.4 Å². The smallest absolute Gasteiger partial charge is 0.285 e. The first-order chi connectivity index (χ1) is 16.9. The molecule has 5 rings (SSSR count). The van der Waals surface area contributed by atoms with Crippen LogP contribution in [0.5, 0.6) is 0 Å². The SMILES string of the molecule is CC(C)(C)C1CN(c2nc(C(=O)N3CCSCC3)cs2)C1O[Si](c1ccccc1)c1ccccc1. The molecule has 0 saturated carbocycles. The van der Waals surface area contributed by atoms with Crippen LogP contribution in [0.4, 0.5) is 5.13 Å². The first-order valence-electron chi connectivity index (χ1n) is 12.2. The molecule has 0 aliphatic carbocycles. The highest BCUT2D eigenvalue weighted by atomic mass is 32.2.